The van der Waals surface area contributed by atoms with Gasteiger partial charge in [0.15, 0.2) is 0 Å². The molecule has 0 aliphatic carbocycles. The van der Waals surface area contributed by atoms with Crippen LogP contribution < -0.4 is 0 Å². The topological polar surface area (TPSA) is 1170 Å². The molecule has 68 nitrogen and oxygen atoms in total. The first kappa shape index (κ1) is 206. The van der Waals surface area contributed by atoms with Crippen LogP contribution in [0.1, 0.15) is 0 Å². The van der Waals surface area contributed by atoms with Gasteiger partial charge in [0, 0.05) is 176 Å². The molecular weight excluding hydrogens is 2910 g/mol. The van der Waals surface area contributed by atoms with Crippen molar-refractivity contribution in [1.82, 2.24) is 0 Å². The van der Waals surface area contributed by atoms with Crippen LogP contribution in [0.3, 0.4) is 0 Å². The third kappa shape index (κ3) is 215. The van der Waals surface area contributed by atoms with Gasteiger partial charge < -0.3 is 162 Å². The molecule has 27 atom stereocenters. The Kier molecular flexibility index (Phi) is 158. The molecule has 0 saturated carbocycles. The van der Waals surface area contributed by atoms with Crippen molar-refractivity contribution in [2.45, 2.75) is 0 Å². The minimum atomic E-state index is -6.00. The maximum atomic E-state index is 11.1. The summed E-state index contributed by atoms with van der Waals surface area (Å²) in [6.07, 6.45) is 0. The van der Waals surface area contributed by atoms with E-state index in [-0.39, 0.29) is 141 Å². The molecule has 0 amide bonds. The van der Waals surface area contributed by atoms with Crippen LogP contribution in [0, 0.1) is 0 Å². The van der Waals surface area contributed by atoms with Gasteiger partial charge in [0.1, 0.15) is 0 Å². The number of phosphoric acid groups is 14. The van der Waals surface area contributed by atoms with Gasteiger partial charge in [0.25, 0.3) is 0 Å². The fourth-order valence-corrected chi connectivity index (χ4v) is 21.2. The predicted molar refractivity (Wildman–Crippen MR) is 515 cm³/mol. The van der Waals surface area contributed by atoms with Crippen LogP contribution in [0.15, 0.2) is 99.2 Å². The molecule has 34 N–H and O–H groups in total. The van der Waals surface area contributed by atoms with Crippen molar-refractivity contribution in [3.8, 4) is 0 Å². The predicted octanol–water partition coefficient (Wildman–Crippen LogP) is 9.74. The van der Waals surface area contributed by atoms with Crippen molar-refractivity contribution in [3.05, 3.63) is 99.2 Å². The van der Waals surface area contributed by atoms with Crippen molar-refractivity contribution in [1.29, 1.82) is 0 Å². The van der Waals surface area contributed by atoms with Gasteiger partial charge in [-0.2, -0.15) is 30.2 Å². The van der Waals surface area contributed by atoms with Gasteiger partial charge in [-0.3, -0.25) is 36.5 Å². The molecule has 0 aliphatic heterocycles. The van der Waals surface area contributed by atoms with Crippen LogP contribution in [-0.2, 0) is 286 Å². The Bertz CT molecular complexity index is 4100. The molecule has 0 fully saturated rings. The maximum absolute atomic E-state index is 11.1. The first-order valence-electron chi connectivity index (χ1n) is 24.1. The SMILES string of the molecule is C=CP(=O)(O)O.C=CP(=O)(O)OP(=O)(O)C=C.C=CP(=O)(O)OP(=O)(O)O.C=CP(=O)(O)OP(=O)(O)OP(=O)(O)C=C.C=CP(=O)(O)OP(=O)(O)OP(=O)(O)O.C=CP(=O)(O)OP(=O)(O)OP(=O)(O)OP(=O)(O)OP(=O)(O)O.O.O=P(O)(O)O.O=P(O)(O)OP(=O)(O)O.O=P(O)(O)OP(=O)(O)OP(=O)(O)O.PP.PP.PP.PPP.PPP.PPP.PPPP.[V].[V].[V].[V].[V].[V].[V]. The molecular formula is C16H91O68P41V7. The number of hydrogen-bond donors (Lipinski definition) is 32. The average molecular weight is 3000 g/mol. The van der Waals surface area contributed by atoms with Gasteiger partial charge in [0.2, 0.25) is 0 Å². The summed E-state index contributed by atoms with van der Waals surface area (Å²) < 4.78 is 271. The second-order valence-corrected chi connectivity index (χ2v) is 69.1. The molecule has 0 aromatic rings. The third-order valence-corrected chi connectivity index (χ3v) is 37.5. The molecule has 0 rings (SSSR count). The van der Waals surface area contributed by atoms with E-state index in [1.165, 1.54) is 0 Å². The largest absolute Gasteiger partial charge is 0.490 e. The second-order valence-electron chi connectivity index (χ2n) is 14.6. The summed E-state index contributed by atoms with van der Waals surface area (Å²) in [5.41, 5.74) is 0. The van der Waals surface area contributed by atoms with Crippen LogP contribution in [0.4, 0.5) is 0 Å². The first-order valence-corrected chi connectivity index (χ1v) is 87.0. The molecule has 0 heterocycles. The van der Waals surface area contributed by atoms with E-state index in [1.807, 2.05) is 0 Å². The minimum Gasteiger partial charge on any atom is -0.412 e. The van der Waals surface area contributed by atoms with Gasteiger partial charge >= 0.3 is 170 Å². The normalized spacial score (nSPS) is 16.2. The molecule has 0 bridgehead atoms. The van der Waals surface area contributed by atoms with Crippen molar-refractivity contribution >= 4 is 335 Å². The fourth-order valence-electron chi connectivity index (χ4n) is 2.17. The van der Waals surface area contributed by atoms with Gasteiger partial charge in [-0.25, -0.2) is 89.8 Å². The van der Waals surface area contributed by atoms with E-state index in [9.17, 15) is 95.9 Å². The Balaban J connectivity index is -0.0000000445. The smallest absolute Gasteiger partial charge is 0.412 e. The summed E-state index contributed by atoms with van der Waals surface area (Å²) in [7, 11) is -70.3. The Hall–Kier alpha value is 13.4. The second kappa shape index (κ2) is 101. The molecule has 0 saturated heterocycles. The maximum Gasteiger partial charge on any atom is 0.490 e. The zero-order chi connectivity index (χ0) is 105. The van der Waals surface area contributed by atoms with E-state index in [2.05, 4.69) is 234 Å². The van der Waals surface area contributed by atoms with E-state index in [4.69, 9.17) is 161 Å². The van der Waals surface area contributed by atoms with Crippen molar-refractivity contribution in [2.75, 3.05) is 0 Å². The van der Waals surface area contributed by atoms with Crippen LogP contribution >= 0.6 is 335 Å². The molecule has 0 aliphatic rings. The van der Waals surface area contributed by atoms with E-state index in [0.29, 0.717) is 40.7 Å². The summed E-state index contributed by atoms with van der Waals surface area (Å²) >= 11 is 0. The summed E-state index contributed by atoms with van der Waals surface area (Å²) in [5.74, 6) is 3.37. The molecule has 803 valence electrons. The van der Waals surface area contributed by atoms with Crippen LogP contribution in [-0.4, -0.2) is 162 Å². The van der Waals surface area contributed by atoms with E-state index < -0.39 is 170 Å². The summed E-state index contributed by atoms with van der Waals surface area (Å²) in [4.78, 5) is 261. The van der Waals surface area contributed by atoms with E-state index in [1.54, 1.807) is 0 Å². The standard InChI is InChI=1S/C4H9O8P3.C4H8O5P2.C2H9O15P5.C2H7O9P3.C2H6O6P2.C2H5O3P.H5O10P3.H4O7P2.H3O4P.H2O.H6P4.3H5P3.3H4P2.7V/c1-3-13(5,6)11-15(9,10)12-14(7,8)4-2;1-3-10(5,6)9-11(7,8)4-2;1-2-18(3,4)14-20(8,9)16-22(12,13)17-21(10,11)15-19(5,6)7;1-2-12(3,4)10-14(8,9)11-13(5,6)7;1-2-9(3,4)8-10(5,6)7;1-2-6(3,4)5;1-11(2,3)9-13(7,8)10-12(4,5)6;1-8(2,3)7-9(4,5)6;1-5(2,3)4;;1-3-4-2;3*1-3-2;3*1-2;;;;;;;/h3-4H,1-2H2,(H,5,6)(H,7,8)(H,9,10);3-4H,1-2H2,(H,5,6)(H,7,8);2H,1H2,(H,3,4)(H,8,9)(H,10,11)(H,12,13)(H2,5,6,7);2H,1H2,(H,3,4)(H,8,9)(H2,5,6,7);2H,1H2,(H,3,4)(H2,5,6,7);2H,1H2,(H2,3,4,5);(H,7,8)(H2,1,2,3)(H2,4,5,6);(H2,1,2,3)(H2,4,5,6);(H3,1,2,3,4);1H2;3-4H,1-2H2;3*3H,1-2H2;3*1-2H2;;;;;;;. The quantitative estimate of drug-likeness (QED) is 0.0262. The van der Waals surface area contributed by atoms with Gasteiger partial charge in [-0.15, -0.1) is 125 Å². The monoisotopic (exact) mass is 3000 g/mol. The van der Waals surface area contributed by atoms with Crippen molar-refractivity contribution in [2.24, 2.45) is 0 Å². The summed E-state index contributed by atoms with van der Waals surface area (Å²) in [6.45, 7) is 22.8. The molecule has 0 aromatic heterocycles. The third-order valence-electron chi connectivity index (χ3n) is 4.74. The zero-order valence-corrected chi connectivity index (χ0v) is 114. The molecule has 7 radical (unpaired) electrons. The summed E-state index contributed by atoms with van der Waals surface area (Å²) in [6, 6.07) is 0. The molecule has 0 aromatic carbocycles. The Morgan fingerprint density at radius 2 is 0.273 bits per heavy atom. The Labute approximate surface area is 874 Å². The first-order chi connectivity index (χ1) is 53.8. The van der Waals surface area contributed by atoms with E-state index >= 15 is 0 Å². The Morgan fingerprint density at radius 3 is 0.371 bits per heavy atom. The minimum absolute atomic E-state index is 0. The van der Waals surface area contributed by atoms with Crippen LogP contribution in [0.5, 0.6) is 0 Å². The van der Waals surface area contributed by atoms with E-state index in [0.717, 1.165) is 39.8 Å². The van der Waals surface area contributed by atoms with Crippen molar-refractivity contribution in [3.63, 3.8) is 0 Å². The molecule has 116 heteroatoms. The summed E-state index contributed by atoms with van der Waals surface area (Å²) in [5, 5.41) is 0. The van der Waals surface area contributed by atoms with Gasteiger partial charge in [-0.1, -0.05) is 92.4 Å². The fraction of sp³-hybridized carbons (Fsp3) is 0. The number of rotatable bonds is 35. The Morgan fingerprint density at radius 1 is 0.182 bits per heavy atom. The molecule has 0 spiro atoms. The average Bonchev–Trinajstić information content (AvgIpc) is 0.819. The van der Waals surface area contributed by atoms with Gasteiger partial charge in [0.05, 0.1) is 0 Å². The van der Waals surface area contributed by atoms with Crippen LogP contribution in [0.2, 0.25) is 0 Å². The van der Waals surface area contributed by atoms with Gasteiger partial charge in [-0.05, 0) is 0 Å². The molecule has 132 heavy (non-hydrogen) atoms. The molecule has 27 unspecified atom stereocenters. The zero-order valence-electron chi connectivity index (χ0n) is 62.9. The number of hydrogen-bond acceptors (Lipinski definition) is 35. The van der Waals surface area contributed by atoms with Crippen molar-refractivity contribution < 1.29 is 448 Å². The van der Waals surface area contributed by atoms with Crippen LogP contribution in [0.25, 0.3) is 0 Å².